The molecule has 44 heavy (non-hydrogen) atoms. The highest BCUT2D eigenvalue weighted by Crippen LogP contribution is 2.36. The van der Waals surface area contributed by atoms with Gasteiger partial charge in [-0.05, 0) is 49.0 Å². The van der Waals surface area contributed by atoms with Crippen LogP contribution in [0.3, 0.4) is 0 Å². The number of carbonyl (C=O) groups excluding carboxylic acids is 1. The number of nitrogens with zero attached hydrogens (tertiary/aromatic N) is 6. The van der Waals surface area contributed by atoms with Gasteiger partial charge in [-0.25, -0.2) is 9.97 Å². The first-order valence-corrected chi connectivity index (χ1v) is 14.0. The van der Waals surface area contributed by atoms with Crippen LogP contribution in [-0.4, -0.2) is 68.5 Å². The molecule has 5 aromatic rings. The van der Waals surface area contributed by atoms with Crippen molar-refractivity contribution < 1.29 is 27.1 Å². The van der Waals surface area contributed by atoms with Gasteiger partial charge in [-0.15, -0.1) is 0 Å². The number of carbonyl (C=O) groups is 1. The maximum absolute atomic E-state index is 14.1. The topological polar surface area (TPSA) is 102 Å². The number of anilines is 1. The Balaban J connectivity index is 1.25. The van der Waals surface area contributed by atoms with E-state index in [4.69, 9.17) is 20.8 Å². The molecule has 2 aromatic carbocycles. The van der Waals surface area contributed by atoms with Crippen LogP contribution in [0.15, 0.2) is 65.7 Å². The molecule has 1 aliphatic heterocycles. The fourth-order valence-electron chi connectivity index (χ4n) is 4.93. The molecule has 1 amide bonds. The van der Waals surface area contributed by atoms with E-state index in [1.165, 1.54) is 36.8 Å². The lowest BCUT2D eigenvalue weighted by Gasteiger charge is -2.33. The largest absolute Gasteiger partial charge is 0.472 e. The molecule has 6 rings (SSSR count). The molecule has 0 radical (unpaired) electrons. The molecule has 10 nitrogen and oxygen atoms in total. The van der Waals surface area contributed by atoms with E-state index >= 15 is 0 Å². The van der Waals surface area contributed by atoms with Gasteiger partial charge >= 0.3 is 6.18 Å². The number of amides is 1. The quantitative estimate of drug-likeness (QED) is 0.232. The third-order valence-electron chi connectivity index (χ3n) is 7.37. The minimum Gasteiger partial charge on any atom is -0.472 e. The number of alkyl halides is 3. The van der Waals surface area contributed by atoms with Crippen molar-refractivity contribution in [3.8, 4) is 23.0 Å². The van der Waals surface area contributed by atoms with Gasteiger partial charge in [-0.2, -0.15) is 18.2 Å². The first kappa shape index (κ1) is 29.6. The van der Waals surface area contributed by atoms with Crippen molar-refractivity contribution in [2.75, 3.05) is 38.5 Å². The molecule has 1 aliphatic rings. The summed E-state index contributed by atoms with van der Waals surface area (Å²) in [5.74, 6) is -0.0217. The predicted octanol–water partition coefficient (Wildman–Crippen LogP) is 6.09. The number of hydrogen-bond donors (Lipinski definition) is 1. The number of halogens is 4. The van der Waals surface area contributed by atoms with Crippen LogP contribution in [0, 0.1) is 0 Å². The van der Waals surface area contributed by atoms with E-state index in [1.54, 1.807) is 30.1 Å². The number of nitrogens with one attached hydrogen (secondary N) is 1. The zero-order valence-corrected chi connectivity index (χ0v) is 24.5. The van der Waals surface area contributed by atoms with E-state index in [-0.39, 0.29) is 40.0 Å². The normalized spacial score (nSPS) is 14.7. The van der Waals surface area contributed by atoms with Crippen molar-refractivity contribution in [2.24, 2.45) is 7.05 Å². The molecule has 0 spiro atoms. The highest BCUT2D eigenvalue weighted by Gasteiger charge is 2.34. The van der Waals surface area contributed by atoms with Crippen LogP contribution in [0.1, 0.15) is 21.5 Å². The Hall–Kier alpha value is -4.46. The van der Waals surface area contributed by atoms with Crippen molar-refractivity contribution >= 4 is 34.4 Å². The summed E-state index contributed by atoms with van der Waals surface area (Å²) in [6, 6.07) is 9.91. The molecule has 0 saturated carbocycles. The van der Waals surface area contributed by atoms with Gasteiger partial charge in [0.2, 0.25) is 0 Å². The van der Waals surface area contributed by atoms with Crippen molar-refractivity contribution in [3.05, 3.63) is 83.0 Å². The SMILES string of the molecule is CN1CCN(Cc2ccc(NC(=O)c3cc(Oc4nc(-c5ccoc5)nc5c4ncn5C)ccc3Cl)cc2C(F)(F)F)CC1. The average Bonchev–Trinajstić information content (AvgIpc) is 3.66. The van der Waals surface area contributed by atoms with E-state index in [9.17, 15) is 18.0 Å². The second-order valence-electron chi connectivity index (χ2n) is 10.5. The van der Waals surface area contributed by atoms with Crippen molar-refractivity contribution in [1.29, 1.82) is 0 Å². The number of fused-ring (bicyclic) bond motifs is 1. The molecule has 14 heteroatoms. The number of aryl methyl sites for hydroxylation is 1. The van der Waals surface area contributed by atoms with Crippen molar-refractivity contribution in [3.63, 3.8) is 0 Å². The zero-order chi connectivity index (χ0) is 31.0. The number of imidazole rings is 1. The minimum atomic E-state index is -4.60. The fourth-order valence-corrected chi connectivity index (χ4v) is 5.13. The second-order valence-corrected chi connectivity index (χ2v) is 10.9. The Labute approximate surface area is 255 Å². The summed E-state index contributed by atoms with van der Waals surface area (Å²) in [4.78, 5) is 30.7. The molecule has 228 valence electrons. The monoisotopic (exact) mass is 625 g/mol. The van der Waals surface area contributed by atoms with Gasteiger partial charge in [0.05, 0.1) is 34.3 Å². The van der Waals surface area contributed by atoms with Crippen LogP contribution in [0.4, 0.5) is 18.9 Å². The standard InChI is InChI=1S/C30H27ClF3N7O3/c1-39-8-10-41(11-9-39)15-18-3-4-20(13-23(18)30(32,33)34)36-28(42)22-14-21(5-6-24(22)31)44-29-25-27(40(2)17-35-25)37-26(38-29)19-7-12-43-16-19/h3-7,12-14,16-17H,8-11,15H2,1-2H3,(H,36,42). The Morgan fingerprint density at radius 1 is 1.07 bits per heavy atom. The first-order chi connectivity index (χ1) is 21.0. The zero-order valence-electron chi connectivity index (χ0n) is 23.7. The number of piperazine rings is 1. The molecule has 1 saturated heterocycles. The van der Waals surface area contributed by atoms with E-state index in [0.717, 1.165) is 19.2 Å². The van der Waals surface area contributed by atoms with Crippen LogP contribution in [0.25, 0.3) is 22.6 Å². The summed E-state index contributed by atoms with van der Waals surface area (Å²) in [7, 11) is 3.76. The van der Waals surface area contributed by atoms with Gasteiger partial charge in [-0.1, -0.05) is 17.7 Å². The van der Waals surface area contributed by atoms with Gasteiger partial charge in [0.1, 0.15) is 12.0 Å². The van der Waals surface area contributed by atoms with E-state index in [0.29, 0.717) is 35.6 Å². The van der Waals surface area contributed by atoms with Gasteiger partial charge < -0.3 is 23.9 Å². The maximum atomic E-state index is 14.1. The highest BCUT2D eigenvalue weighted by molar-refractivity contribution is 6.34. The maximum Gasteiger partial charge on any atom is 0.416 e. The summed E-state index contributed by atoms with van der Waals surface area (Å²) >= 11 is 6.34. The number of aromatic nitrogens is 4. The fraction of sp³-hybridized carbons (Fsp3) is 0.267. The Morgan fingerprint density at radius 3 is 2.59 bits per heavy atom. The highest BCUT2D eigenvalue weighted by atomic mass is 35.5. The minimum absolute atomic E-state index is 0.000572. The molecular formula is C30H27ClF3N7O3. The average molecular weight is 626 g/mol. The van der Waals surface area contributed by atoms with E-state index < -0.39 is 17.6 Å². The second kappa shape index (κ2) is 11.9. The molecule has 0 aliphatic carbocycles. The Bertz CT molecular complexity index is 1820. The number of ether oxygens (including phenoxy) is 1. The Morgan fingerprint density at radius 2 is 1.86 bits per heavy atom. The van der Waals surface area contributed by atoms with Crippen LogP contribution < -0.4 is 10.1 Å². The van der Waals surface area contributed by atoms with Crippen LogP contribution in [0.5, 0.6) is 11.6 Å². The van der Waals surface area contributed by atoms with Crippen molar-refractivity contribution in [2.45, 2.75) is 12.7 Å². The van der Waals surface area contributed by atoms with E-state index in [2.05, 4.69) is 25.2 Å². The van der Waals surface area contributed by atoms with Gasteiger partial charge in [0.25, 0.3) is 11.8 Å². The van der Waals surface area contributed by atoms with Gasteiger partial charge in [0.15, 0.2) is 17.0 Å². The molecule has 0 unspecified atom stereocenters. The number of benzene rings is 2. The first-order valence-electron chi connectivity index (χ1n) is 13.7. The number of hydrogen-bond acceptors (Lipinski definition) is 8. The van der Waals surface area contributed by atoms with Gasteiger partial charge in [0, 0.05) is 45.5 Å². The summed E-state index contributed by atoms with van der Waals surface area (Å²) < 4.78 is 55.1. The summed E-state index contributed by atoms with van der Waals surface area (Å²) in [6.07, 6.45) is -0.0415. The Kier molecular flexibility index (Phi) is 8.01. The van der Waals surface area contributed by atoms with Crippen LogP contribution in [-0.2, 0) is 19.8 Å². The molecule has 1 N–H and O–H groups in total. The summed E-state index contributed by atoms with van der Waals surface area (Å²) in [5, 5.41) is 2.63. The molecule has 3 aromatic heterocycles. The predicted molar refractivity (Wildman–Crippen MR) is 158 cm³/mol. The van der Waals surface area contributed by atoms with Crippen molar-refractivity contribution in [1.82, 2.24) is 29.3 Å². The lowest BCUT2D eigenvalue weighted by molar-refractivity contribution is -0.138. The van der Waals surface area contributed by atoms with E-state index in [1.807, 2.05) is 11.9 Å². The lowest BCUT2D eigenvalue weighted by Crippen LogP contribution is -2.44. The smallest absolute Gasteiger partial charge is 0.416 e. The van der Waals surface area contributed by atoms with Gasteiger partial charge in [-0.3, -0.25) is 9.69 Å². The van der Waals surface area contributed by atoms with Crippen LogP contribution >= 0.6 is 11.6 Å². The molecule has 0 atom stereocenters. The number of rotatable bonds is 7. The van der Waals surface area contributed by atoms with Crippen LogP contribution in [0.2, 0.25) is 5.02 Å². The molecule has 4 heterocycles. The summed E-state index contributed by atoms with van der Waals surface area (Å²) in [5.41, 5.74) is 0.861. The number of likely N-dealkylation sites (N-methyl/N-ethyl adjacent to an activating group) is 1. The molecule has 0 bridgehead atoms. The lowest BCUT2D eigenvalue weighted by atomic mass is 10.0. The number of furan rings is 1. The summed E-state index contributed by atoms with van der Waals surface area (Å²) in [6.45, 7) is 3.09. The molecule has 1 fully saturated rings. The molecular weight excluding hydrogens is 599 g/mol. The third kappa shape index (κ3) is 6.25. The third-order valence-corrected chi connectivity index (χ3v) is 7.70.